The van der Waals surface area contributed by atoms with E-state index in [0.29, 0.717) is 12.4 Å². The van der Waals surface area contributed by atoms with Gasteiger partial charge in [-0.1, -0.05) is 0 Å². The third-order valence-electron chi connectivity index (χ3n) is 2.56. The number of nitro groups is 1. The lowest BCUT2D eigenvalue weighted by atomic mass is 10.1. The van der Waals surface area contributed by atoms with Crippen LogP contribution in [0.25, 0.3) is 0 Å². The second-order valence-corrected chi connectivity index (χ2v) is 5.47. The number of amides is 1. The number of carbonyl (C=O) groups is 1. The van der Waals surface area contributed by atoms with Crippen molar-refractivity contribution >= 4 is 17.4 Å². The summed E-state index contributed by atoms with van der Waals surface area (Å²) in [5.74, 6) is 0.162. The Morgan fingerprint density at radius 3 is 2.65 bits per heavy atom. The van der Waals surface area contributed by atoms with Gasteiger partial charge in [0.05, 0.1) is 17.7 Å². The van der Waals surface area contributed by atoms with Crippen LogP contribution in [0.2, 0.25) is 0 Å². The normalized spacial score (nSPS) is 11.0. The summed E-state index contributed by atoms with van der Waals surface area (Å²) >= 11 is 0. The third kappa shape index (κ3) is 4.49. The van der Waals surface area contributed by atoms with Crippen molar-refractivity contribution in [3.05, 3.63) is 28.4 Å². The van der Waals surface area contributed by atoms with Crippen molar-refractivity contribution in [3.63, 3.8) is 0 Å². The monoisotopic (exact) mass is 281 g/mol. The number of aromatic nitrogens is 1. The maximum atomic E-state index is 11.9. The molecule has 0 aliphatic carbocycles. The predicted molar refractivity (Wildman–Crippen MR) is 75.4 cm³/mol. The van der Waals surface area contributed by atoms with Crippen LogP contribution < -0.4 is 15.2 Å². The Bertz CT molecular complexity index is 497. The molecule has 0 saturated carbocycles. The van der Waals surface area contributed by atoms with Crippen LogP contribution in [0, 0.1) is 10.1 Å². The molecule has 2 N–H and O–H groups in total. The number of carbonyl (C=O) groups excluding carboxylic acids is 1. The van der Waals surface area contributed by atoms with E-state index in [-0.39, 0.29) is 23.7 Å². The Kier molecular flexibility index (Phi) is 5.01. The molecule has 0 unspecified atom stereocenters. The fraction of sp³-hybridized carbons (Fsp3) is 0.538. The predicted octanol–water partition coefficient (Wildman–Crippen LogP) is 1.15. The van der Waals surface area contributed by atoms with Crippen molar-refractivity contribution in [1.29, 1.82) is 0 Å². The van der Waals surface area contributed by atoms with Gasteiger partial charge in [0, 0.05) is 11.6 Å². The minimum atomic E-state index is -0.462. The van der Waals surface area contributed by atoms with E-state index in [1.165, 1.54) is 6.07 Å². The Labute approximate surface area is 118 Å². The molecule has 0 fully saturated rings. The van der Waals surface area contributed by atoms with Crippen molar-refractivity contribution in [1.82, 2.24) is 5.32 Å². The first-order valence-electron chi connectivity index (χ1n) is 6.45. The van der Waals surface area contributed by atoms with E-state index in [4.69, 9.17) is 0 Å². The average Bonchev–Trinajstić information content (AvgIpc) is 2.33. The molecule has 20 heavy (non-hydrogen) atoms. The maximum absolute atomic E-state index is 11.9. The van der Waals surface area contributed by atoms with Crippen molar-refractivity contribution in [2.24, 2.45) is 0 Å². The van der Waals surface area contributed by atoms with E-state index < -0.39 is 4.92 Å². The molecule has 7 heteroatoms. The second-order valence-electron chi connectivity index (χ2n) is 5.47. The van der Waals surface area contributed by atoms with Crippen LogP contribution in [0.15, 0.2) is 18.3 Å². The van der Waals surface area contributed by atoms with Crippen LogP contribution in [-0.4, -0.2) is 29.5 Å². The first-order chi connectivity index (χ1) is 9.24. The summed E-state index contributed by atoms with van der Waals surface area (Å²) in [6.45, 7) is 8.05. The Balaban J connectivity index is 2.92. The van der Waals surface area contributed by atoms with E-state index >= 15 is 0 Å². The quantitative estimate of drug-likeness (QED) is 0.647. The first kappa shape index (κ1) is 15.9. The van der Waals surface area contributed by atoms with Gasteiger partial charge in [-0.05, 0) is 33.8 Å². The molecule has 1 amide bonds. The molecular formula is C13H21N4O3+. The van der Waals surface area contributed by atoms with Crippen molar-refractivity contribution < 1.29 is 14.7 Å². The summed E-state index contributed by atoms with van der Waals surface area (Å²) < 4.78 is 0. The van der Waals surface area contributed by atoms with Gasteiger partial charge in [0.15, 0.2) is 6.54 Å². The molecular weight excluding hydrogens is 260 g/mol. The summed E-state index contributed by atoms with van der Waals surface area (Å²) in [5, 5.41) is 13.9. The molecule has 1 aromatic heterocycles. The van der Waals surface area contributed by atoms with Gasteiger partial charge in [0.25, 0.3) is 5.91 Å². The van der Waals surface area contributed by atoms with Crippen molar-refractivity contribution in [2.75, 3.05) is 18.0 Å². The van der Waals surface area contributed by atoms with E-state index in [2.05, 4.69) is 10.3 Å². The number of anilines is 1. The lowest BCUT2D eigenvalue weighted by Gasteiger charge is -2.22. The van der Waals surface area contributed by atoms with Crippen LogP contribution >= 0.6 is 0 Å². The molecule has 0 atom stereocenters. The van der Waals surface area contributed by atoms with Gasteiger partial charge < -0.3 is 5.32 Å². The summed E-state index contributed by atoms with van der Waals surface area (Å²) in [4.78, 5) is 27.0. The molecule has 1 heterocycles. The molecule has 0 spiro atoms. The number of aromatic amines is 1. The maximum Gasteiger partial charge on any atom is 0.357 e. The van der Waals surface area contributed by atoms with Crippen LogP contribution in [0.3, 0.4) is 0 Å². The van der Waals surface area contributed by atoms with E-state index in [1.54, 1.807) is 17.2 Å². The highest BCUT2D eigenvalue weighted by Gasteiger charge is 2.28. The molecule has 0 aliphatic rings. The molecule has 0 aromatic carbocycles. The van der Waals surface area contributed by atoms with Crippen LogP contribution in [0.4, 0.5) is 11.5 Å². The first-order valence-corrected chi connectivity index (χ1v) is 6.45. The molecule has 0 bridgehead atoms. The number of nitrogens with zero attached hydrogens (tertiary/aromatic N) is 2. The fourth-order valence-corrected chi connectivity index (χ4v) is 1.80. The average molecular weight is 281 g/mol. The zero-order valence-electron chi connectivity index (χ0n) is 12.3. The fourth-order valence-electron chi connectivity index (χ4n) is 1.80. The molecule has 110 valence electrons. The minimum Gasteiger partial charge on any atom is -0.348 e. The molecule has 0 saturated heterocycles. The molecule has 1 rings (SSSR count). The number of hydrogen-bond acceptors (Lipinski definition) is 4. The number of nitrogens with one attached hydrogen (secondary N) is 2. The zero-order chi connectivity index (χ0) is 15.3. The van der Waals surface area contributed by atoms with Gasteiger partial charge in [-0.2, -0.15) is 0 Å². The van der Waals surface area contributed by atoms with Gasteiger partial charge in [-0.3, -0.25) is 14.9 Å². The number of hydrogen-bond donors (Lipinski definition) is 1. The summed E-state index contributed by atoms with van der Waals surface area (Å²) in [6, 6.07) is 2.97. The van der Waals surface area contributed by atoms with E-state index in [0.717, 1.165) is 0 Å². The second kappa shape index (κ2) is 6.31. The Morgan fingerprint density at radius 2 is 2.15 bits per heavy atom. The summed E-state index contributed by atoms with van der Waals surface area (Å²) in [7, 11) is 0. The summed E-state index contributed by atoms with van der Waals surface area (Å²) in [5.41, 5.74) is -0.374. The minimum absolute atomic E-state index is 0.0436. The number of likely N-dealkylation sites (N-methyl/N-ethyl adjacent to an activating group) is 1. The van der Waals surface area contributed by atoms with Crippen LogP contribution in [0.1, 0.15) is 27.7 Å². The third-order valence-corrected chi connectivity index (χ3v) is 2.56. The van der Waals surface area contributed by atoms with E-state index in [9.17, 15) is 14.9 Å². The lowest BCUT2D eigenvalue weighted by molar-refractivity contribution is -0.411. The van der Waals surface area contributed by atoms with E-state index in [1.807, 2.05) is 27.7 Å². The van der Waals surface area contributed by atoms with Crippen molar-refractivity contribution in [3.8, 4) is 0 Å². The molecule has 7 nitrogen and oxygen atoms in total. The lowest BCUT2D eigenvalue weighted by Crippen LogP contribution is -2.47. The molecule has 1 aromatic rings. The smallest absolute Gasteiger partial charge is 0.348 e. The van der Waals surface area contributed by atoms with Gasteiger partial charge >= 0.3 is 11.5 Å². The molecule has 0 radical (unpaired) electrons. The summed E-state index contributed by atoms with van der Waals surface area (Å²) in [6.07, 6.45) is 1.60. The largest absolute Gasteiger partial charge is 0.357 e. The van der Waals surface area contributed by atoms with Gasteiger partial charge in [-0.15, -0.1) is 0 Å². The number of H-pyrrole nitrogens is 1. The molecule has 0 aliphatic heterocycles. The highest BCUT2D eigenvalue weighted by Crippen LogP contribution is 2.21. The van der Waals surface area contributed by atoms with Crippen LogP contribution in [-0.2, 0) is 4.79 Å². The van der Waals surface area contributed by atoms with Gasteiger partial charge in [0.1, 0.15) is 0 Å². The van der Waals surface area contributed by atoms with Gasteiger partial charge in [-0.25, -0.2) is 9.88 Å². The van der Waals surface area contributed by atoms with Crippen molar-refractivity contribution in [2.45, 2.75) is 33.2 Å². The van der Waals surface area contributed by atoms with Gasteiger partial charge in [0.2, 0.25) is 0 Å². The Hall–Kier alpha value is -2.18. The topological polar surface area (TPSA) is 89.6 Å². The highest BCUT2D eigenvalue weighted by atomic mass is 16.6. The number of pyridine rings is 1. The van der Waals surface area contributed by atoms with Crippen LogP contribution in [0.5, 0.6) is 0 Å². The standard InChI is InChI=1S/C13H20N4O3/c1-5-16(9-11(18)15-13(2,3)4)12-10(17(19)20)7-6-8-14-12/h6-8H,5,9H2,1-4H3,(H,15,18)/p+1. The highest BCUT2D eigenvalue weighted by molar-refractivity contribution is 5.82. The number of rotatable bonds is 5. The SMILES string of the molecule is CCN(CC(=O)NC(C)(C)C)c1[nH+]cccc1[N+](=O)[O-]. The Morgan fingerprint density at radius 1 is 1.50 bits per heavy atom. The zero-order valence-corrected chi connectivity index (χ0v) is 12.3.